The number of ether oxygens (including phenoxy) is 1. The molecule has 0 saturated carbocycles. The molecule has 0 heterocycles. The number of anilines is 1. The summed E-state index contributed by atoms with van der Waals surface area (Å²) >= 11 is 11.8. The fraction of sp³-hybridized carbons (Fsp3) is 0.500. The summed E-state index contributed by atoms with van der Waals surface area (Å²) < 4.78 is 31.9. The highest BCUT2D eigenvalue weighted by Crippen LogP contribution is 2.31. The lowest BCUT2D eigenvalue weighted by Gasteiger charge is -2.11. The van der Waals surface area contributed by atoms with Gasteiger partial charge in [-0.1, -0.05) is 37.0 Å². The number of hydrogen-bond acceptors (Lipinski definition) is 4. The van der Waals surface area contributed by atoms with Crippen LogP contribution in [0.3, 0.4) is 0 Å². The third kappa shape index (κ3) is 5.10. The quantitative estimate of drug-likeness (QED) is 0.590. The van der Waals surface area contributed by atoms with Gasteiger partial charge in [-0.3, -0.25) is 0 Å². The summed E-state index contributed by atoms with van der Waals surface area (Å²) in [5.74, 6) is 0.396. The van der Waals surface area contributed by atoms with Crippen LogP contribution in [0.1, 0.15) is 13.8 Å². The summed E-state index contributed by atoms with van der Waals surface area (Å²) in [5, 5.41) is -0.0174. The Bertz CT molecular complexity index is 539. The van der Waals surface area contributed by atoms with Crippen LogP contribution in [0.4, 0.5) is 5.69 Å². The van der Waals surface area contributed by atoms with Gasteiger partial charge in [0.05, 0.1) is 16.7 Å². The summed E-state index contributed by atoms with van der Waals surface area (Å²) in [5.41, 5.74) is 5.84. The Morgan fingerprint density at radius 2 is 1.85 bits per heavy atom. The molecular formula is C12H18Cl2N2O3S. The van der Waals surface area contributed by atoms with Gasteiger partial charge >= 0.3 is 0 Å². The van der Waals surface area contributed by atoms with E-state index in [1.165, 1.54) is 12.1 Å². The molecule has 0 aromatic heterocycles. The van der Waals surface area contributed by atoms with Gasteiger partial charge in [0.15, 0.2) is 0 Å². The lowest BCUT2D eigenvalue weighted by atomic mass is 10.2. The van der Waals surface area contributed by atoms with Crippen LogP contribution in [0.5, 0.6) is 0 Å². The van der Waals surface area contributed by atoms with Gasteiger partial charge in [-0.25, -0.2) is 13.1 Å². The van der Waals surface area contributed by atoms with Crippen molar-refractivity contribution in [3.63, 3.8) is 0 Å². The van der Waals surface area contributed by atoms with Crippen molar-refractivity contribution in [2.24, 2.45) is 5.92 Å². The molecule has 0 fully saturated rings. The van der Waals surface area contributed by atoms with Gasteiger partial charge in [0.1, 0.15) is 4.90 Å². The van der Waals surface area contributed by atoms with Gasteiger partial charge in [0, 0.05) is 18.8 Å². The second-order valence-electron chi connectivity index (χ2n) is 4.68. The minimum atomic E-state index is -3.79. The Hall–Kier alpha value is -0.530. The Morgan fingerprint density at radius 3 is 2.35 bits per heavy atom. The van der Waals surface area contributed by atoms with Gasteiger partial charge in [-0.05, 0) is 18.1 Å². The Labute approximate surface area is 129 Å². The molecule has 20 heavy (non-hydrogen) atoms. The van der Waals surface area contributed by atoms with Crippen molar-refractivity contribution in [2.75, 3.05) is 25.5 Å². The van der Waals surface area contributed by atoms with Crippen molar-refractivity contribution in [2.45, 2.75) is 18.7 Å². The van der Waals surface area contributed by atoms with Crippen LogP contribution in [-0.4, -0.2) is 28.2 Å². The molecule has 0 amide bonds. The normalized spacial score (nSPS) is 12.1. The van der Waals surface area contributed by atoms with E-state index in [0.29, 0.717) is 18.2 Å². The van der Waals surface area contributed by atoms with Gasteiger partial charge in [0.25, 0.3) is 0 Å². The molecule has 0 radical (unpaired) electrons. The number of nitrogens with two attached hydrogens (primary N) is 1. The SMILES string of the molecule is CC(C)COCCNS(=O)(=O)c1c(Cl)cc(N)cc1Cl. The number of benzene rings is 1. The molecule has 0 aliphatic heterocycles. The molecule has 0 aliphatic carbocycles. The summed E-state index contributed by atoms with van der Waals surface area (Å²) in [6.45, 7) is 5.02. The van der Waals surface area contributed by atoms with E-state index in [4.69, 9.17) is 33.7 Å². The minimum Gasteiger partial charge on any atom is -0.399 e. The van der Waals surface area contributed by atoms with E-state index in [1.807, 2.05) is 13.8 Å². The van der Waals surface area contributed by atoms with Crippen LogP contribution in [0.25, 0.3) is 0 Å². The first kappa shape index (κ1) is 17.5. The molecule has 1 aromatic rings. The van der Waals surface area contributed by atoms with Gasteiger partial charge in [-0.15, -0.1) is 0 Å². The zero-order valence-electron chi connectivity index (χ0n) is 11.3. The van der Waals surface area contributed by atoms with Crippen LogP contribution in [0, 0.1) is 5.92 Å². The first-order valence-corrected chi connectivity index (χ1v) is 8.30. The van der Waals surface area contributed by atoms with Crippen LogP contribution >= 0.6 is 23.2 Å². The largest absolute Gasteiger partial charge is 0.399 e. The highest BCUT2D eigenvalue weighted by molar-refractivity contribution is 7.89. The van der Waals surface area contributed by atoms with Crippen LogP contribution in [-0.2, 0) is 14.8 Å². The molecule has 1 aromatic carbocycles. The minimum absolute atomic E-state index is 0.00870. The lowest BCUT2D eigenvalue weighted by Crippen LogP contribution is -2.28. The van der Waals surface area contributed by atoms with Crippen molar-refractivity contribution < 1.29 is 13.2 Å². The Balaban J connectivity index is 2.70. The summed E-state index contributed by atoms with van der Waals surface area (Å²) in [6.07, 6.45) is 0. The zero-order valence-corrected chi connectivity index (χ0v) is 13.6. The maximum absolute atomic E-state index is 12.1. The number of halogens is 2. The van der Waals surface area contributed by atoms with Crippen LogP contribution in [0.2, 0.25) is 10.0 Å². The number of rotatable bonds is 7. The van der Waals surface area contributed by atoms with E-state index < -0.39 is 10.0 Å². The maximum atomic E-state index is 12.1. The van der Waals surface area contributed by atoms with Crippen molar-refractivity contribution in [3.05, 3.63) is 22.2 Å². The fourth-order valence-electron chi connectivity index (χ4n) is 1.48. The Morgan fingerprint density at radius 1 is 1.30 bits per heavy atom. The van der Waals surface area contributed by atoms with E-state index in [0.717, 1.165) is 0 Å². The first-order chi connectivity index (χ1) is 9.24. The second-order valence-corrected chi connectivity index (χ2v) is 7.20. The van der Waals surface area contributed by atoms with E-state index in [1.54, 1.807) is 0 Å². The standard InChI is InChI=1S/C12H18Cl2N2O3S/c1-8(2)7-19-4-3-16-20(17,18)12-10(13)5-9(15)6-11(12)14/h5-6,8,16H,3-4,7,15H2,1-2H3. The van der Waals surface area contributed by atoms with Crippen molar-refractivity contribution >= 4 is 38.9 Å². The average Bonchev–Trinajstić information content (AvgIpc) is 2.25. The second kappa shape index (κ2) is 7.47. The molecule has 0 saturated heterocycles. The smallest absolute Gasteiger partial charge is 0.243 e. The molecule has 114 valence electrons. The molecule has 0 bridgehead atoms. The van der Waals surface area contributed by atoms with Crippen molar-refractivity contribution in [3.8, 4) is 0 Å². The molecular weight excluding hydrogens is 323 g/mol. The average molecular weight is 341 g/mol. The van der Waals surface area contributed by atoms with E-state index in [9.17, 15) is 8.42 Å². The highest BCUT2D eigenvalue weighted by Gasteiger charge is 2.21. The molecule has 3 N–H and O–H groups in total. The van der Waals surface area contributed by atoms with E-state index >= 15 is 0 Å². The molecule has 0 spiro atoms. The summed E-state index contributed by atoms with van der Waals surface area (Å²) in [4.78, 5) is -0.168. The topological polar surface area (TPSA) is 81.4 Å². The third-order valence-electron chi connectivity index (χ3n) is 2.28. The predicted molar refractivity (Wildman–Crippen MR) is 81.7 cm³/mol. The molecule has 0 atom stereocenters. The predicted octanol–water partition coefficient (Wildman–Crippen LogP) is 2.53. The Kier molecular flexibility index (Phi) is 6.54. The van der Waals surface area contributed by atoms with Crippen molar-refractivity contribution in [1.82, 2.24) is 4.72 Å². The fourth-order valence-corrected chi connectivity index (χ4v) is 3.72. The van der Waals surface area contributed by atoms with Gasteiger partial charge < -0.3 is 10.5 Å². The van der Waals surface area contributed by atoms with Crippen LogP contribution < -0.4 is 10.5 Å². The van der Waals surface area contributed by atoms with Crippen LogP contribution in [0.15, 0.2) is 17.0 Å². The zero-order chi connectivity index (χ0) is 15.3. The lowest BCUT2D eigenvalue weighted by molar-refractivity contribution is 0.114. The first-order valence-electron chi connectivity index (χ1n) is 6.06. The van der Waals surface area contributed by atoms with E-state index in [2.05, 4.69) is 4.72 Å². The monoisotopic (exact) mass is 340 g/mol. The number of hydrogen-bond donors (Lipinski definition) is 2. The highest BCUT2D eigenvalue weighted by atomic mass is 35.5. The summed E-state index contributed by atoms with van der Waals surface area (Å²) in [7, 11) is -3.79. The van der Waals surface area contributed by atoms with Gasteiger partial charge in [0.2, 0.25) is 10.0 Å². The molecule has 1 rings (SSSR count). The van der Waals surface area contributed by atoms with E-state index in [-0.39, 0.29) is 28.1 Å². The number of nitrogen functional groups attached to an aromatic ring is 1. The maximum Gasteiger partial charge on any atom is 0.243 e. The number of sulfonamides is 1. The molecule has 8 heteroatoms. The van der Waals surface area contributed by atoms with Gasteiger partial charge in [-0.2, -0.15) is 0 Å². The summed E-state index contributed by atoms with van der Waals surface area (Å²) in [6, 6.07) is 2.69. The molecule has 0 unspecified atom stereocenters. The molecule has 5 nitrogen and oxygen atoms in total. The molecule has 0 aliphatic rings. The van der Waals surface area contributed by atoms with Crippen molar-refractivity contribution in [1.29, 1.82) is 0 Å². The number of nitrogens with one attached hydrogen (secondary N) is 1. The third-order valence-corrected chi connectivity index (χ3v) is 4.66.